The zero-order valence-corrected chi connectivity index (χ0v) is 12.4. The zero-order chi connectivity index (χ0) is 15.1. The predicted octanol–water partition coefficient (Wildman–Crippen LogP) is 2.79. The SMILES string of the molecule is CCN1C(=O)CCC(C(=O)O)C1c1ccc(C2CC2C)o1. The van der Waals surface area contributed by atoms with Gasteiger partial charge in [0.2, 0.25) is 5.91 Å². The van der Waals surface area contributed by atoms with Crippen molar-refractivity contribution in [3.8, 4) is 0 Å². The fourth-order valence-electron chi connectivity index (χ4n) is 3.38. The normalized spacial score (nSPS) is 32.3. The van der Waals surface area contributed by atoms with E-state index < -0.39 is 17.9 Å². The molecule has 0 spiro atoms. The lowest BCUT2D eigenvalue weighted by Gasteiger charge is -2.37. The van der Waals surface area contributed by atoms with E-state index in [-0.39, 0.29) is 5.91 Å². The first kappa shape index (κ1) is 14.2. The van der Waals surface area contributed by atoms with E-state index in [0.717, 1.165) is 12.2 Å². The van der Waals surface area contributed by atoms with E-state index in [4.69, 9.17) is 4.42 Å². The molecule has 2 aliphatic rings. The lowest BCUT2D eigenvalue weighted by molar-refractivity contribution is -0.152. The van der Waals surface area contributed by atoms with Gasteiger partial charge in [-0.1, -0.05) is 6.92 Å². The highest BCUT2D eigenvalue weighted by Crippen LogP contribution is 2.48. The first-order valence-electron chi connectivity index (χ1n) is 7.64. The van der Waals surface area contributed by atoms with Gasteiger partial charge in [0.05, 0.1) is 5.92 Å². The van der Waals surface area contributed by atoms with Gasteiger partial charge in [0.15, 0.2) is 0 Å². The molecule has 1 amide bonds. The Balaban J connectivity index is 1.91. The monoisotopic (exact) mass is 291 g/mol. The van der Waals surface area contributed by atoms with Crippen LogP contribution in [-0.4, -0.2) is 28.4 Å². The lowest BCUT2D eigenvalue weighted by Crippen LogP contribution is -2.45. The predicted molar refractivity (Wildman–Crippen MR) is 75.7 cm³/mol. The number of carboxylic acids is 1. The van der Waals surface area contributed by atoms with Crippen molar-refractivity contribution >= 4 is 11.9 Å². The fourth-order valence-corrected chi connectivity index (χ4v) is 3.38. The van der Waals surface area contributed by atoms with Gasteiger partial charge in [0.25, 0.3) is 0 Å². The second-order valence-electron chi connectivity index (χ2n) is 6.17. The van der Waals surface area contributed by atoms with E-state index in [9.17, 15) is 14.7 Å². The maximum Gasteiger partial charge on any atom is 0.309 e. The number of carbonyl (C=O) groups is 2. The van der Waals surface area contributed by atoms with Crippen molar-refractivity contribution in [2.45, 2.75) is 45.1 Å². The topological polar surface area (TPSA) is 70.8 Å². The third-order valence-electron chi connectivity index (χ3n) is 4.78. The Bertz CT molecular complexity index is 562. The molecule has 1 aliphatic carbocycles. The number of piperidine rings is 1. The first-order chi connectivity index (χ1) is 10.0. The smallest absolute Gasteiger partial charge is 0.309 e. The first-order valence-corrected chi connectivity index (χ1v) is 7.64. The van der Waals surface area contributed by atoms with Crippen LogP contribution in [0.4, 0.5) is 0 Å². The molecule has 0 aromatic carbocycles. The number of nitrogens with zero attached hydrogens (tertiary/aromatic N) is 1. The molecule has 1 N–H and O–H groups in total. The number of hydrogen-bond donors (Lipinski definition) is 1. The van der Waals surface area contributed by atoms with Gasteiger partial charge >= 0.3 is 5.97 Å². The fraction of sp³-hybridized carbons (Fsp3) is 0.625. The van der Waals surface area contributed by atoms with Crippen molar-refractivity contribution in [2.24, 2.45) is 11.8 Å². The van der Waals surface area contributed by atoms with E-state index in [2.05, 4.69) is 6.92 Å². The summed E-state index contributed by atoms with van der Waals surface area (Å²) >= 11 is 0. The molecule has 1 aromatic heterocycles. The van der Waals surface area contributed by atoms with E-state index >= 15 is 0 Å². The molecule has 4 atom stereocenters. The summed E-state index contributed by atoms with van der Waals surface area (Å²) in [6.07, 6.45) is 1.80. The molecular weight excluding hydrogens is 270 g/mol. The molecular formula is C16H21NO4. The number of likely N-dealkylation sites (tertiary alicyclic amines) is 1. The molecule has 2 fully saturated rings. The summed E-state index contributed by atoms with van der Waals surface area (Å²) in [7, 11) is 0. The molecule has 1 aliphatic heterocycles. The van der Waals surface area contributed by atoms with Gasteiger partial charge in [-0.15, -0.1) is 0 Å². The van der Waals surface area contributed by atoms with Crippen LogP contribution in [0.2, 0.25) is 0 Å². The van der Waals surface area contributed by atoms with Gasteiger partial charge in [-0.25, -0.2) is 0 Å². The van der Waals surface area contributed by atoms with Gasteiger partial charge in [-0.3, -0.25) is 9.59 Å². The van der Waals surface area contributed by atoms with E-state index in [1.54, 1.807) is 4.90 Å². The van der Waals surface area contributed by atoms with Crippen molar-refractivity contribution in [1.82, 2.24) is 4.90 Å². The van der Waals surface area contributed by atoms with Gasteiger partial charge in [0, 0.05) is 18.9 Å². The summed E-state index contributed by atoms with van der Waals surface area (Å²) in [6, 6.07) is 3.31. The van der Waals surface area contributed by atoms with Crippen LogP contribution in [-0.2, 0) is 9.59 Å². The molecule has 3 rings (SSSR count). The number of carboxylic acid groups (broad SMARTS) is 1. The molecule has 1 saturated carbocycles. The molecule has 5 nitrogen and oxygen atoms in total. The molecule has 0 bridgehead atoms. The average Bonchev–Trinajstić information content (AvgIpc) is 3.00. The number of hydrogen-bond acceptors (Lipinski definition) is 3. The number of rotatable bonds is 4. The standard InChI is InChI=1S/C16H21NO4/c1-3-17-14(18)7-4-10(16(19)20)15(17)13-6-5-12(21-13)11-8-9(11)2/h5-6,9-11,15H,3-4,7-8H2,1-2H3,(H,19,20). The number of carbonyl (C=O) groups excluding carboxylic acids is 1. The minimum Gasteiger partial charge on any atom is -0.481 e. The largest absolute Gasteiger partial charge is 0.481 e. The highest BCUT2D eigenvalue weighted by atomic mass is 16.4. The Morgan fingerprint density at radius 1 is 1.43 bits per heavy atom. The third kappa shape index (κ3) is 2.45. The van der Waals surface area contributed by atoms with Crippen LogP contribution in [0.3, 0.4) is 0 Å². The van der Waals surface area contributed by atoms with E-state index in [1.165, 1.54) is 0 Å². The van der Waals surface area contributed by atoms with Crippen LogP contribution in [0.25, 0.3) is 0 Å². The van der Waals surface area contributed by atoms with Crippen LogP contribution >= 0.6 is 0 Å². The maximum atomic E-state index is 12.1. The summed E-state index contributed by atoms with van der Waals surface area (Å²) < 4.78 is 5.92. The van der Waals surface area contributed by atoms with Crippen LogP contribution in [0.5, 0.6) is 0 Å². The van der Waals surface area contributed by atoms with Crippen molar-refractivity contribution in [3.63, 3.8) is 0 Å². The van der Waals surface area contributed by atoms with Gasteiger partial charge in [0.1, 0.15) is 17.6 Å². The Labute approximate surface area is 123 Å². The van der Waals surface area contributed by atoms with Crippen LogP contribution < -0.4 is 0 Å². The summed E-state index contributed by atoms with van der Waals surface area (Å²) in [5, 5.41) is 9.46. The van der Waals surface area contributed by atoms with Crippen LogP contribution in [0.15, 0.2) is 16.5 Å². The Kier molecular flexibility index (Phi) is 3.51. The molecule has 2 heterocycles. The molecule has 114 valence electrons. The molecule has 1 saturated heterocycles. The Morgan fingerprint density at radius 2 is 2.10 bits per heavy atom. The highest BCUT2D eigenvalue weighted by Gasteiger charge is 2.43. The Hall–Kier alpha value is -1.78. The van der Waals surface area contributed by atoms with Crippen molar-refractivity contribution < 1.29 is 19.1 Å². The second kappa shape index (κ2) is 5.20. The van der Waals surface area contributed by atoms with Gasteiger partial charge in [-0.2, -0.15) is 0 Å². The highest BCUT2D eigenvalue weighted by molar-refractivity contribution is 5.81. The number of furan rings is 1. The lowest BCUT2D eigenvalue weighted by atomic mass is 9.87. The van der Waals surface area contributed by atoms with E-state index in [1.807, 2.05) is 19.1 Å². The minimum absolute atomic E-state index is 0.0118. The zero-order valence-electron chi connectivity index (χ0n) is 12.4. The molecule has 0 radical (unpaired) electrons. The van der Waals surface area contributed by atoms with Crippen molar-refractivity contribution in [3.05, 3.63) is 23.7 Å². The van der Waals surface area contributed by atoms with Crippen molar-refractivity contribution in [2.75, 3.05) is 6.54 Å². The number of amides is 1. The molecule has 21 heavy (non-hydrogen) atoms. The van der Waals surface area contributed by atoms with Crippen molar-refractivity contribution in [1.29, 1.82) is 0 Å². The molecule has 1 aromatic rings. The van der Waals surface area contributed by atoms with E-state index in [0.29, 0.717) is 37.0 Å². The van der Waals surface area contributed by atoms with Crippen LogP contribution in [0, 0.1) is 11.8 Å². The summed E-state index contributed by atoms with van der Waals surface area (Å²) in [5.74, 6) is 1.20. The summed E-state index contributed by atoms with van der Waals surface area (Å²) in [6.45, 7) is 4.56. The summed E-state index contributed by atoms with van der Waals surface area (Å²) in [4.78, 5) is 25.2. The number of aliphatic carboxylic acids is 1. The third-order valence-corrected chi connectivity index (χ3v) is 4.78. The van der Waals surface area contributed by atoms with Gasteiger partial charge in [-0.05, 0) is 37.8 Å². The average molecular weight is 291 g/mol. The second-order valence-corrected chi connectivity index (χ2v) is 6.17. The van der Waals surface area contributed by atoms with Gasteiger partial charge < -0.3 is 14.4 Å². The molecule has 4 unspecified atom stereocenters. The van der Waals surface area contributed by atoms with Crippen LogP contribution in [0.1, 0.15) is 56.6 Å². The minimum atomic E-state index is -0.858. The maximum absolute atomic E-state index is 12.1. The quantitative estimate of drug-likeness (QED) is 0.926. The molecule has 5 heteroatoms. The Morgan fingerprint density at radius 3 is 2.67 bits per heavy atom. The summed E-state index contributed by atoms with van der Waals surface area (Å²) in [5.41, 5.74) is 0.